The molecule has 0 aliphatic heterocycles. The number of ether oxygens (including phenoxy) is 1. The molecule has 1 atom stereocenters. The van der Waals surface area contributed by atoms with Crippen LogP contribution in [0.15, 0.2) is 71.6 Å². The van der Waals surface area contributed by atoms with Gasteiger partial charge in [-0.1, -0.05) is 40.9 Å². The predicted molar refractivity (Wildman–Crippen MR) is 124 cm³/mol. The number of nitrogens with one attached hydrogen (secondary N) is 2. The van der Waals surface area contributed by atoms with Crippen molar-refractivity contribution < 1.29 is 17.9 Å². The topological polar surface area (TPSA) is 84.5 Å². The van der Waals surface area contributed by atoms with E-state index in [1.807, 2.05) is 0 Å². The molecule has 0 aliphatic carbocycles. The fraction of sp³-hybridized carbons (Fsp3) is 0.0952. The number of carbonyl (C=O) groups excluding carboxylic acids is 1. The Labute approximate surface area is 195 Å². The van der Waals surface area contributed by atoms with Crippen molar-refractivity contribution in [2.75, 3.05) is 10.0 Å². The van der Waals surface area contributed by atoms with Crippen LogP contribution in [0.1, 0.15) is 6.92 Å². The van der Waals surface area contributed by atoms with Gasteiger partial charge in [0.15, 0.2) is 6.10 Å². The van der Waals surface area contributed by atoms with Crippen LogP contribution >= 0.6 is 34.8 Å². The molecule has 3 aromatic carbocycles. The van der Waals surface area contributed by atoms with Crippen molar-refractivity contribution in [1.29, 1.82) is 0 Å². The Hall–Kier alpha value is -2.45. The Bertz CT molecular complexity index is 1200. The Morgan fingerprint density at radius 3 is 2.26 bits per heavy atom. The minimum absolute atomic E-state index is 0.000239. The second kappa shape index (κ2) is 9.78. The maximum absolute atomic E-state index is 12.6. The largest absolute Gasteiger partial charge is 0.481 e. The van der Waals surface area contributed by atoms with Gasteiger partial charge in [0.05, 0.1) is 15.6 Å². The highest BCUT2D eigenvalue weighted by molar-refractivity contribution is 7.92. The van der Waals surface area contributed by atoms with Crippen LogP contribution < -0.4 is 14.8 Å². The number of hydrogen-bond donors (Lipinski definition) is 2. The fourth-order valence-corrected chi connectivity index (χ4v) is 4.31. The van der Waals surface area contributed by atoms with Crippen LogP contribution in [0.4, 0.5) is 11.4 Å². The molecule has 0 spiro atoms. The molecule has 2 N–H and O–H groups in total. The molecular weight excluding hydrogens is 483 g/mol. The van der Waals surface area contributed by atoms with Crippen LogP contribution in [-0.2, 0) is 14.8 Å². The second-order valence-electron chi connectivity index (χ2n) is 6.46. The number of amides is 1. The van der Waals surface area contributed by atoms with Crippen LogP contribution in [-0.4, -0.2) is 20.4 Å². The maximum Gasteiger partial charge on any atom is 0.265 e. The van der Waals surface area contributed by atoms with Crippen molar-refractivity contribution in [2.45, 2.75) is 17.9 Å². The smallest absolute Gasteiger partial charge is 0.265 e. The Kier molecular flexibility index (Phi) is 7.33. The Morgan fingerprint density at radius 1 is 0.935 bits per heavy atom. The first-order valence-corrected chi connectivity index (χ1v) is 11.6. The molecular formula is C21H17Cl3N2O4S. The van der Waals surface area contributed by atoms with Gasteiger partial charge < -0.3 is 10.1 Å². The standard InChI is InChI=1S/C21H17Cl3N2O4S/c1-13(30-17-4-2-3-14(22)11-17)21(27)25-16-6-8-18(9-7-16)31(28,29)26-20-10-5-15(23)12-19(20)24/h2-13,26H,1H3,(H,25,27). The third-order valence-electron chi connectivity index (χ3n) is 4.09. The van der Waals surface area contributed by atoms with Crippen LogP contribution in [0.25, 0.3) is 0 Å². The number of carbonyl (C=O) groups is 1. The number of sulfonamides is 1. The number of rotatable bonds is 7. The van der Waals surface area contributed by atoms with E-state index in [1.165, 1.54) is 42.5 Å². The van der Waals surface area contributed by atoms with Crippen LogP contribution in [0.3, 0.4) is 0 Å². The number of halogens is 3. The SMILES string of the molecule is CC(Oc1cccc(Cl)c1)C(=O)Nc1ccc(S(=O)(=O)Nc2ccc(Cl)cc2Cl)cc1. The highest BCUT2D eigenvalue weighted by Gasteiger charge is 2.18. The van der Waals surface area contributed by atoms with Crippen molar-refractivity contribution in [3.63, 3.8) is 0 Å². The highest BCUT2D eigenvalue weighted by Crippen LogP contribution is 2.28. The first kappa shape index (κ1) is 23.2. The summed E-state index contributed by atoms with van der Waals surface area (Å²) in [7, 11) is -3.88. The minimum atomic E-state index is -3.88. The van der Waals surface area contributed by atoms with E-state index in [4.69, 9.17) is 39.5 Å². The molecule has 162 valence electrons. The summed E-state index contributed by atoms with van der Waals surface area (Å²) in [5, 5.41) is 3.73. The summed E-state index contributed by atoms with van der Waals surface area (Å²) >= 11 is 17.8. The van der Waals surface area contributed by atoms with E-state index in [-0.39, 0.29) is 15.6 Å². The van der Waals surface area contributed by atoms with Gasteiger partial charge in [0.1, 0.15) is 5.75 Å². The van der Waals surface area contributed by atoms with E-state index in [0.29, 0.717) is 21.5 Å². The molecule has 0 heterocycles. The lowest BCUT2D eigenvalue weighted by Crippen LogP contribution is -2.30. The molecule has 1 amide bonds. The van der Waals surface area contributed by atoms with E-state index in [9.17, 15) is 13.2 Å². The highest BCUT2D eigenvalue weighted by atomic mass is 35.5. The summed E-state index contributed by atoms with van der Waals surface area (Å²) in [6.07, 6.45) is -0.796. The van der Waals surface area contributed by atoms with E-state index >= 15 is 0 Å². The van der Waals surface area contributed by atoms with Gasteiger partial charge in [-0.3, -0.25) is 9.52 Å². The monoisotopic (exact) mass is 498 g/mol. The minimum Gasteiger partial charge on any atom is -0.481 e. The van der Waals surface area contributed by atoms with Crippen molar-refractivity contribution in [2.24, 2.45) is 0 Å². The summed E-state index contributed by atoms with van der Waals surface area (Å²) < 4.78 is 33.2. The second-order valence-corrected chi connectivity index (χ2v) is 9.42. The summed E-state index contributed by atoms with van der Waals surface area (Å²) in [6, 6.07) is 16.8. The summed E-state index contributed by atoms with van der Waals surface area (Å²) in [5.41, 5.74) is 0.616. The van der Waals surface area contributed by atoms with E-state index in [0.717, 1.165) is 0 Å². The third kappa shape index (κ3) is 6.27. The molecule has 0 aromatic heterocycles. The van der Waals surface area contributed by atoms with E-state index < -0.39 is 22.0 Å². The predicted octanol–water partition coefficient (Wildman–Crippen LogP) is 5.85. The van der Waals surface area contributed by atoms with Crippen LogP contribution in [0.5, 0.6) is 5.75 Å². The molecule has 3 rings (SSSR count). The number of benzene rings is 3. The van der Waals surface area contributed by atoms with Gasteiger partial charge in [-0.15, -0.1) is 0 Å². The van der Waals surface area contributed by atoms with Crippen molar-refractivity contribution >= 4 is 62.1 Å². The molecule has 0 fully saturated rings. The van der Waals surface area contributed by atoms with Crippen molar-refractivity contribution in [3.8, 4) is 5.75 Å². The van der Waals surface area contributed by atoms with Gasteiger partial charge in [0, 0.05) is 15.7 Å². The summed E-state index contributed by atoms with van der Waals surface area (Å²) in [4.78, 5) is 12.4. The fourth-order valence-electron chi connectivity index (χ4n) is 2.54. The molecule has 0 radical (unpaired) electrons. The number of anilines is 2. The summed E-state index contributed by atoms with van der Waals surface area (Å²) in [6.45, 7) is 1.59. The first-order chi connectivity index (χ1) is 14.6. The van der Waals surface area contributed by atoms with Crippen molar-refractivity contribution in [3.05, 3.63) is 81.8 Å². The lowest BCUT2D eigenvalue weighted by Gasteiger charge is -2.15. The van der Waals surface area contributed by atoms with Gasteiger partial charge in [-0.05, 0) is 67.6 Å². The van der Waals surface area contributed by atoms with Gasteiger partial charge in [0.2, 0.25) is 0 Å². The molecule has 6 nitrogen and oxygen atoms in total. The molecule has 0 saturated heterocycles. The normalized spacial score (nSPS) is 12.1. The van der Waals surface area contributed by atoms with Gasteiger partial charge >= 0.3 is 0 Å². The quantitative estimate of drug-likeness (QED) is 0.427. The lowest BCUT2D eigenvalue weighted by atomic mass is 10.3. The molecule has 31 heavy (non-hydrogen) atoms. The molecule has 0 saturated carbocycles. The van der Waals surface area contributed by atoms with E-state index in [1.54, 1.807) is 31.2 Å². The number of hydrogen-bond acceptors (Lipinski definition) is 4. The zero-order valence-electron chi connectivity index (χ0n) is 16.1. The maximum atomic E-state index is 12.6. The molecule has 0 bridgehead atoms. The molecule has 1 unspecified atom stereocenters. The van der Waals surface area contributed by atoms with Gasteiger partial charge in [-0.2, -0.15) is 0 Å². The summed E-state index contributed by atoms with van der Waals surface area (Å²) in [5.74, 6) is 0.0604. The Balaban J connectivity index is 1.65. The van der Waals surface area contributed by atoms with Crippen molar-refractivity contribution in [1.82, 2.24) is 0 Å². The molecule has 10 heteroatoms. The third-order valence-corrected chi connectivity index (χ3v) is 6.25. The molecule has 0 aliphatic rings. The van der Waals surface area contributed by atoms with Crippen LogP contribution in [0.2, 0.25) is 15.1 Å². The zero-order chi connectivity index (χ0) is 22.6. The molecule has 3 aromatic rings. The van der Waals surface area contributed by atoms with Gasteiger partial charge in [-0.25, -0.2) is 8.42 Å². The lowest BCUT2D eigenvalue weighted by molar-refractivity contribution is -0.122. The van der Waals surface area contributed by atoms with Gasteiger partial charge in [0.25, 0.3) is 15.9 Å². The van der Waals surface area contributed by atoms with E-state index in [2.05, 4.69) is 10.0 Å². The van der Waals surface area contributed by atoms with Crippen LogP contribution in [0, 0.1) is 0 Å². The average Bonchev–Trinajstić information content (AvgIpc) is 2.70. The zero-order valence-corrected chi connectivity index (χ0v) is 19.2. The Morgan fingerprint density at radius 2 is 1.61 bits per heavy atom. The first-order valence-electron chi connectivity index (χ1n) is 8.95. The average molecular weight is 500 g/mol.